The lowest BCUT2D eigenvalue weighted by atomic mass is 10.3. The first-order valence-electron chi connectivity index (χ1n) is 5.60. The van der Waals surface area contributed by atoms with Gasteiger partial charge in [0.1, 0.15) is 4.90 Å². The number of hydrogen-bond acceptors (Lipinski definition) is 10. The molecule has 0 radical (unpaired) electrons. The molecule has 1 aromatic carbocycles. The summed E-state index contributed by atoms with van der Waals surface area (Å²) in [6.45, 7) is 0. The largest absolute Gasteiger partial charge is 0.368 e. The van der Waals surface area contributed by atoms with E-state index in [0.29, 0.717) is 0 Å². The second-order valence-corrected chi connectivity index (χ2v) is 6.92. The molecule has 1 heterocycles. The van der Waals surface area contributed by atoms with Crippen LogP contribution in [0.3, 0.4) is 0 Å². The molecule has 12 nitrogen and oxygen atoms in total. The van der Waals surface area contributed by atoms with Crippen LogP contribution in [0.15, 0.2) is 28.0 Å². The molecule has 14 heteroatoms. The average Bonchev–Trinajstić information content (AvgIpc) is 2.34. The molecular weight excluding hydrogens is 352 g/mol. The second kappa shape index (κ2) is 5.58. The van der Waals surface area contributed by atoms with E-state index < -0.39 is 35.7 Å². The summed E-state index contributed by atoms with van der Waals surface area (Å²) >= 11 is 0. The van der Waals surface area contributed by atoms with Gasteiger partial charge in [-0.2, -0.15) is 31.8 Å². The fourth-order valence-electron chi connectivity index (χ4n) is 1.58. The molecular formula is C9H10N6O6S2. The molecule has 0 aliphatic heterocycles. The lowest BCUT2D eigenvalue weighted by Gasteiger charge is -2.10. The van der Waals surface area contributed by atoms with Crippen molar-refractivity contribution in [2.24, 2.45) is 0 Å². The molecule has 0 atom stereocenters. The molecule has 0 fully saturated rings. The van der Waals surface area contributed by atoms with Gasteiger partial charge < -0.3 is 16.8 Å². The summed E-state index contributed by atoms with van der Waals surface area (Å²) in [5, 5.41) is 2.34. The van der Waals surface area contributed by atoms with E-state index in [4.69, 9.17) is 20.6 Å². The Bertz CT molecular complexity index is 954. The highest BCUT2D eigenvalue weighted by Gasteiger charge is 2.20. The second-order valence-electron chi connectivity index (χ2n) is 4.11. The van der Waals surface area contributed by atoms with E-state index in [2.05, 4.69) is 20.3 Å². The summed E-state index contributed by atoms with van der Waals surface area (Å²) in [5.41, 5.74) is 10.3. The van der Waals surface area contributed by atoms with Crippen molar-refractivity contribution in [3.05, 3.63) is 18.2 Å². The van der Waals surface area contributed by atoms with Crippen molar-refractivity contribution in [2.75, 3.05) is 16.8 Å². The topological polar surface area (TPSA) is 211 Å². The maximum absolute atomic E-state index is 11.3. The average molecular weight is 362 g/mol. The van der Waals surface area contributed by atoms with Gasteiger partial charge in [0.2, 0.25) is 17.8 Å². The number of benzene rings is 1. The van der Waals surface area contributed by atoms with Crippen molar-refractivity contribution in [1.29, 1.82) is 0 Å². The predicted molar refractivity (Wildman–Crippen MR) is 78.0 cm³/mol. The minimum atomic E-state index is -4.71. The first-order chi connectivity index (χ1) is 10.5. The number of nitrogen functional groups attached to an aromatic ring is 2. The normalized spacial score (nSPS) is 12.1. The van der Waals surface area contributed by atoms with Gasteiger partial charge in [0.05, 0.1) is 10.6 Å². The molecule has 0 aliphatic carbocycles. The highest BCUT2D eigenvalue weighted by Crippen LogP contribution is 2.27. The van der Waals surface area contributed by atoms with Crippen LogP contribution in [0.5, 0.6) is 0 Å². The van der Waals surface area contributed by atoms with Crippen LogP contribution in [-0.4, -0.2) is 40.9 Å². The molecule has 0 bridgehead atoms. The van der Waals surface area contributed by atoms with E-state index >= 15 is 0 Å². The van der Waals surface area contributed by atoms with Gasteiger partial charge in [-0.15, -0.1) is 0 Å². The van der Waals surface area contributed by atoms with E-state index in [0.717, 1.165) is 18.2 Å². The summed E-state index contributed by atoms with van der Waals surface area (Å²) in [6, 6.07) is 2.32. The van der Waals surface area contributed by atoms with Crippen LogP contribution in [0.25, 0.3) is 0 Å². The lowest BCUT2D eigenvalue weighted by molar-refractivity contribution is 0.479. The van der Waals surface area contributed by atoms with Gasteiger partial charge in [-0.1, -0.05) is 0 Å². The van der Waals surface area contributed by atoms with Crippen LogP contribution in [-0.2, 0) is 20.2 Å². The molecule has 23 heavy (non-hydrogen) atoms. The molecule has 2 aromatic rings. The Morgan fingerprint density at radius 3 is 1.96 bits per heavy atom. The highest BCUT2D eigenvalue weighted by atomic mass is 32.2. The van der Waals surface area contributed by atoms with Crippen molar-refractivity contribution in [3.8, 4) is 0 Å². The van der Waals surface area contributed by atoms with Crippen LogP contribution in [0.2, 0.25) is 0 Å². The number of nitrogens with zero attached hydrogens (tertiary/aromatic N) is 3. The fraction of sp³-hybridized carbons (Fsp3) is 0. The highest BCUT2D eigenvalue weighted by molar-refractivity contribution is 7.86. The number of nitrogens with two attached hydrogens (primary N) is 2. The molecule has 7 N–H and O–H groups in total. The Morgan fingerprint density at radius 2 is 1.48 bits per heavy atom. The van der Waals surface area contributed by atoms with Gasteiger partial charge >= 0.3 is 0 Å². The van der Waals surface area contributed by atoms with E-state index in [1.54, 1.807) is 0 Å². The van der Waals surface area contributed by atoms with Crippen LogP contribution in [0.1, 0.15) is 0 Å². The Hall–Kier alpha value is -2.55. The van der Waals surface area contributed by atoms with Gasteiger partial charge in [0.25, 0.3) is 20.2 Å². The Labute approximate surface area is 130 Å². The van der Waals surface area contributed by atoms with Crippen LogP contribution in [0, 0.1) is 0 Å². The van der Waals surface area contributed by atoms with Crippen LogP contribution < -0.4 is 16.8 Å². The first-order valence-corrected chi connectivity index (χ1v) is 8.48. The molecule has 2 rings (SSSR count). The molecule has 0 unspecified atom stereocenters. The Morgan fingerprint density at radius 1 is 0.913 bits per heavy atom. The van der Waals surface area contributed by atoms with Gasteiger partial charge in [0, 0.05) is 0 Å². The number of nitrogens with one attached hydrogen (secondary N) is 1. The van der Waals surface area contributed by atoms with Gasteiger partial charge in [-0.25, -0.2) is 0 Å². The smallest absolute Gasteiger partial charge is 0.296 e. The third kappa shape index (κ3) is 4.01. The van der Waals surface area contributed by atoms with Crippen molar-refractivity contribution < 1.29 is 25.9 Å². The van der Waals surface area contributed by atoms with Crippen molar-refractivity contribution in [3.63, 3.8) is 0 Å². The van der Waals surface area contributed by atoms with E-state index in [-0.39, 0.29) is 17.8 Å². The van der Waals surface area contributed by atoms with E-state index in [1.165, 1.54) is 0 Å². The lowest BCUT2D eigenvalue weighted by Crippen LogP contribution is -2.10. The molecule has 1 aromatic heterocycles. The number of anilines is 4. The summed E-state index contributed by atoms with van der Waals surface area (Å²) in [6.07, 6.45) is 0. The number of aromatic nitrogens is 3. The molecule has 0 spiro atoms. The third-order valence-corrected chi connectivity index (χ3v) is 4.20. The summed E-state index contributed by atoms with van der Waals surface area (Å²) in [5.74, 6) is -0.855. The zero-order valence-corrected chi connectivity index (χ0v) is 12.7. The fourth-order valence-corrected chi connectivity index (χ4v) is 2.71. The van der Waals surface area contributed by atoms with Crippen molar-refractivity contribution in [2.45, 2.75) is 9.79 Å². The van der Waals surface area contributed by atoms with Crippen LogP contribution >= 0.6 is 0 Å². The predicted octanol–water partition coefficient (Wildman–Crippen LogP) is -0.727. The standard InChI is InChI=1S/C9H10N6O6S2/c10-7-13-8(11)15-9(14-7)12-5-3-4(22(16,17)18)1-2-6(5)23(19,20)21/h1-3H,(H,16,17,18)(H,19,20,21)(H5,10,11,12,13,14,15). The minimum absolute atomic E-state index is 0.278. The monoisotopic (exact) mass is 362 g/mol. The summed E-state index contributed by atoms with van der Waals surface area (Å²) in [4.78, 5) is 9.43. The molecule has 0 saturated heterocycles. The van der Waals surface area contributed by atoms with Crippen LogP contribution in [0.4, 0.5) is 23.5 Å². The minimum Gasteiger partial charge on any atom is -0.368 e. The van der Waals surface area contributed by atoms with E-state index in [1.807, 2.05) is 0 Å². The Kier molecular flexibility index (Phi) is 4.08. The zero-order valence-electron chi connectivity index (χ0n) is 11.1. The summed E-state index contributed by atoms with van der Waals surface area (Å²) in [7, 11) is -9.32. The van der Waals surface area contributed by atoms with Crippen molar-refractivity contribution >= 4 is 43.8 Å². The zero-order chi connectivity index (χ0) is 17.4. The third-order valence-electron chi connectivity index (χ3n) is 2.44. The maximum atomic E-state index is 11.3. The summed E-state index contributed by atoms with van der Waals surface area (Å²) < 4.78 is 63.1. The Balaban J connectivity index is 2.62. The van der Waals surface area contributed by atoms with Crippen molar-refractivity contribution in [1.82, 2.24) is 15.0 Å². The molecule has 0 amide bonds. The van der Waals surface area contributed by atoms with E-state index in [9.17, 15) is 16.8 Å². The molecule has 124 valence electrons. The first kappa shape index (κ1) is 16.8. The quantitative estimate of drug-likeness (QED) is 0.426. The maximum Gasteiger partial charge on any atom is 0.296 e. The molecule has 0 aliphatic rings. The van der Waals surface area contributed by atoms with Gasteiger partial charge in [0.15, 0.2) is 0 Å². The SMILES string of the molecule is Nc1nc(N)nc(Nc2cc(S(=O)(=O)O)ccc2S(=O)(=O)O)n1. The molecule has 0 saturated carbocycles. The number of hydrogen-bond donors (Lipinski definition) is 5. The number of rotatable bonds is 4. The van der Waals surface area contributed by atoms with Gasteiger partial charge in [-0.3, -0.25) is 9.11 Å². The van der Waals surface area contributed by atoms with Gasteiger partial charge in [-0.05, 0) is 18.2 Å².